The monoisotopic (exact) mass is 264 g/mol. The highest BCUT2D eigenvalue weighted by atomic mass is 16.5. The van der Waals surface area contributed by atoms with Crippen LogP contribution in [0.1, 0.15) is 58.4 Å². The Morgan fingerprint density at radius 1 is 1.11 bits per heavy atom. The molecule has 0 saturated carbocycles. The highest BCUT2D eigenvalue weighted by molar-refractivity contribution is 5.23. The van der Waals surface area contributed by atoms with Crippen LogP contribution in [0.25, 0.3) is 0 Å². The quantitative estimate of drug-likeness (QED) is 0.675. The summed E-state index contributed by atoms with van der Waals surface area (Å²) in [4.78, 5) is 0. The predicted octanol–water partition coefficient (Wildman–Crippen LogP) is 4.27. The SMILES string of the molecule is CCCCCC(O)(c1ccccc1)C(CC)OCC. The number of hydrogen-bond donors (Lipinski definition) is 1. The van der Waals surface area contributed by atoms with Gasteiger partial charge in [0.1, 0.15) is 5.60 Å². The van der Waals surface area contributed by atoms with Crippen LogP contribution >= 0.6 is 0 Å². The first-order valence-corrected chi connectivity index (χ1v) is 7.58. The first-order chi connectivity index (χ1) is 9.19. The first-order valence-electron chi connectivity index (χ1n) is 7.58. The number of aliphatic hydroxyl groups is 1. The van der Waals surface area contributed by atoms with Gasteiger partial charge >= 0.3 is 0 Å². The Morgan fingerprint density at radius 3 is 2.32 bits per heavy atom. The molecule has 1 aromatic rings. The van der Waals surface area contributed by atoms with Crippen molar-refractivity contribution in [3.63, 3.8) is 0 Å². The summed E-state index contributed by atoms with van der Waals surface area (Å²) in [5, 5.41) is 11.2. The van der Waals surface area contributed by atoms with Crippen molar-refractivity contribution in [1.29, 1.82) is 0 Å². The molecule has 108 valence electrons. The van der Waals surface area contributed by atoms with Crippen molar-refractivity contribution in [1.82, 2.24) is 0 Å². The Balaban J connectivity index is 2.94. The third-order valence-corrected chi connectivity index (χ3v) is 3.71. The maximum atomic E-state index is 11.2. The highest BCUT2D eigenvalue weighted by Gasteiger charge is 2.37. The number of ether oxygens (including phenoxy) is 1. The first kappa shape index (κ1) is 16.2. The largest absolute Gasteiger partial charge is 0.382 e. The number of hydrogen-bond acceptors (Lipinski definition) is 2. The van der Waals surface area contributed by atoms with E-state index in [1.54, 1.807) is 0 Å². The van der Waals surface area contributed by atoms with Crippen molar-refractivity contribution < 1.29 is 9.84 Å². The summed E-state index contributed by atoms with van der Waals surface area (Å²) in [6.07, 6.45) is 4.81. The summed E-state index contributed by atoms with van der Waals surface area (Å²) in [6.45, 7) is 6.89. The lowest BCUT2D eigenvalue weighted by Crippen LogP contribution is -2.41. The second-order valence-corrected chi connectivity index (χ2v) is 5.10. The normalized spacial score (nSPS) is 16.0. The molecule has 0 saturated heterocycles. The molecule has 1 N–H and O–H groups in total. The Bertz CT molecular complexity index is 336. The number of rotatable bonds is 9. The average molecular weight is 264 g/mol. The van der Waals surface area contributed by atoms with Gasteiger partial charge in [-0.1, -0.05) is 63.4 Å². The summed E-state index contributed by atoms with van der Waals surface area (Å²) in [6, 6.07) is 9.97. The molecule has 2 nitrogen and oxygen atoms in total. The average Bonchev–Trinajstić information content (AvgIpc) is 2.45. The van der Waals surface area contributed by atoms with Crippen LogP contribution < -0.4 is 0 Å². The lowest BCUT2D eigenvalue weighted by Gasteiger charge is -2.36. The van der Waals surface area contributed by atoms with Gasteiger partial charge in [0, 0.05) is 6.61 Å². The van der Waals surface area contributed by atoms with E-state index in [0.717, 1.165) is 37.7 Å². The van der Waals surface area contributed by atoms with Gasteiger partial charge in [0.25, 0.3) is 0 Å². The minimum Gasteiger partial charge on any atom is -0.382 e. The summed E-state index contributed by atoms with van der Waals surface area (Å²) >= 11 is 0. The standard InChI is InChI=1S/C17H28O2/c1-4-7-11-14-17(18,16(5-2)19-6-3)15-12-9-8-10-13-15/h8-10,12-13,16,18H,4-7,11,14H2,1-3H3. The smallest absolute Gasteiger partial charge is 0.116 e. The molecule has 0 aliphatic rings. The molecule has 0 aromatic heterocycles. The zero-order valence-electron chi connectivity index (χ0n) is 12.6. The number of unbranched alkanes of at least 4 members (excludes halogenated alkanes) is 2. The molecule has 1 aromatic carbocycles. The van der Waals surface area contributed by atoms with Crippen molar-refractivity contribution >= 4 is 0 Å². The van der Waals surface area contributed by atoms with E-state index < -0.39 is 5.60 Å². The van der Waals surface area contributed by atoms with Gasteiger partial charge in [-0.3, -0.25) is 0 Å². The molecular weight excluding hydrogens is 236 g/mol. The second-order valence-electron chi connectivity index (χ2n) is 5.10. The van der Waals surface area contributed by atoms with Crippen LogP contribution in [0.5, 0.6) is 0 Å². The van der Waals surface area contributed by atoms with Gasteiger partial charge in [0.05, 0.1) is 6.10 Å². The summed E-state index contributed by atoms with van der Waals surface area (Å²) in [7, 11) is 0. The molecular formula is C17H28O2. The van der Waals surface area contributed by atoms with Crippen LogP contribution in [-0.2, 0) is 10.3 Å². The third kappa shape index (κ3) is 4.32. The summed E-state index contributed by atoms with van der Waals surface area (Å²) < 4.78 is 5.79. The molecule has 19 heavy (non-hydrogen) atoms. The van der Waals surface area contributed by atoms with Crippen molar-refractivity contribution in [3.05, 3.63) is 35.9 Å². The molecule has 1 rings (SSSR count). The van der Waals surface area contributed by atoms with Crippen LogP contribution in [0.2, 0.25) is 0 Å². The fourth-order valence-corrected chi connectivity index (χ4v) is 2.66. The van der Waals surface area contributed by atoms with Crippen molar-refractivity contribution in [2.45, 2.75) is 64.6 Å². The Kier molecular flexibility index (Phi) is 7.11. The Hall–Kier alpha value is -0.860. The lowest BCUT2D eigenvalue weighted by molar-refractivity contribution is -0.119. The van der Waals surface area contributed by atoms with Gasteiger partial charge in [-0.25, -0.2) is 0 Å². The van der Waals surface area contributed by atoms with E-state index in [2.05, 4.69) is 13.8 Å². The van der Waals surface area contributed by atoms with E-state index in [9.17, 15) is 5.11 Å². The maximum absolute atomic E-state index is 11.2. The van der Waals surface area contributed by atoms with E-state index >= 15 is 0 Å². The molecule has 2 heteroatoms. The molecule has 0 aliphatic carbocycles. The van der Waals surface area contributed by atoms with Gasteiger partial charge in [-0.15, -0.1) is 0 Å². The minimum absolute atomic E-state index is 0.128. The Labute approximate surface area is 117 Å². The van der Waals surface area contributed by atoms with E-state index in [1.807, 2.05) is 37.3 Å². The molecule has 0 fully saturated rings. The van der Waals surface area contributed by atoms with Gasteiger partial charge in [0.2, 0.25) is 0 Å². The molecule has 0 bridgehead atoms. The molecule has 2 unspecified atom stereocenters. The summed E-state index contributed by atoms with van der Waals surface area (Å²) in [5.74, 6) is 0. The summed E-state index contributed by atoms with van der Waals surface area (Å²) in [5.41, 5.74) is 0.118. The molecule has 0 heterocycles. The molecule has 0 radical (unpaired) electrons. The van der Waals surface area contributed by atoms with E-state index in [4.69, 9.17) is 4.74 Å². The third-order valence-electron chi connectivity index (χ3n) is 3.71. The minimum atomic E-state index is -0.860. The van der Waals surface area contributed by atoms with Crippen LogP contribution in [0.3, 0.4) is 0 Å². The van der Waals surface area contributed by atoms with Gasteiger partial charge in [-0.2, -0.15) is 0 Å². The lowest BCUT2D eigenvalue weighted by atomic mass is 9.82. The van der Waals surface area contributed by atoms with Crippen LogP contribution in [-0.4, -0.2) is 17.8 Å². The molecule has 2 atom stereocenters. The molecule has 0 aliphatic heterocycles. The van der Waals surface area contributed by atoms with Crippen LogP contribution in [0.4, 0.5) is 0 Å². The Morgan fingerprint density at radius 2 is 1.79 bits per heavy atom. The van der Waals surface area contributed by atoms with Crippen LogP contribution in [0, 0.1) is 0 Å². The molecule has 0 amide bonds. The van der Waals surface area contributed by atoms with E-state index in [-0.39, 0.29) is 6.10 Å². The second kappa shape index (κ2) is 8.34. The molecule has 0 spiro atoms. The van der Waals surface area contributed by atoms with E-state index in [0.29, 0.717) is 6.61 Å². The van der Waals surface area contributed by atoms with Crippen molar-refractivity contribution in [3.8, 4) is 0 Å². The zero-order chi connectivity index (χ0) is 14.1. The van der Waals surface area contributed by atoms with Crippen molar-refractivity contribution in [2.24, 2.45) is 0 Å². The topological polar surface area (TPSA) is 29.5 Å². The van der Waals surface area contributed by atoms with Crippen molar-refractivity contribution in [2.75, 3.05) is 6.61 Å². The fourth-order valence-electron chi connectivity index (χ4n) is 2.66. The van der Waals surface area contributed by atoms with Gasteiger partial charge in [-0.05, 0) is 25.3 Å². The highest BCUT2D eigenvalue weighted by Crippen LogP contribution is 2.34. The number of benzene rings is 1. The van der Waals surface area contributed by atoms with E-state index in [1.165, 1.54) is 0 Å². The van der Waals surface area contributed by atoms with Gasteiger partial charge < -0.3 is 9.84 Å². The van der Waals surface area contributed by atoms with Gasteiger partial charge in [0.15, 0.2) is 0 Å². The fraction of sp³-hybridized carbons (Fsp3) is 0.647. The predicted molar refractivity (Wildman–Crippen MR) is 80.2 cm³/mol. The zero-order valence-corrected chi connectivity index (χ0v) is 12.6. The maximum Gasteiger partial charge on any atom is 0.116 e. The van der Waals surface area contributed by atoms with Crippen LogP contribution in [0.15, 0.2) is 30.3 Å².